The van der Waals surface area contributed by atoms with Gasteiger partial charge < -0.3 is 72.0 Å². The van der Waals surface area contributed by atoms with Crippen LogP contribution in [0.15, 0.2) is 231 Å². The number of nitrogens with one attached hydrogen (secondary N) is 1. The van der Waals surface area contributed by atoms with Gasteiger partial charge in [-0.25, -0.2) is 9.97 Å². The summed E-state index contributed by atoms with van der Waals surface area (Å²) in [7, 11) is 1.36. The number of ether oxygens (including phenoxy) is 6. The molecule has 0 amide bonds. The van der Waals surface area contributed by atoms with E-state index in [1.165, 1.54) is 64.1 Å². The maximum absolute atomic E-state index is 11.6. The minimum atomic E-state index is -1.70. The van der Waals surface area contributed by atoms with Crippen molar-refractivity contribution < 1.29 is 67.6 Å². The van der Waals surface area contributed by atoms with E-state index in [0.717, 1.165) is 44.9 Å². The maximum Gasteiger partial charge on any atom is 0.227 e. The second kappa shape index (κ2) is 55.6. The molecule has 0 aliphatic rings. The molecular formula is C88H106BrCl5IN5O17Si. The molecule has 118 heavy (non-hydrogen) atoms. The first-order chi connectivity index (χ1) is 54.2. The minimum Gasteiger partial charge on any atom is -0.502 e. The predicted octanol–water partition coefficient (Wildman–Crippen LogP) is 22.3. The van der Waals surface area contributed by atoms with Crippen molar-refractivity contribution >= 4 is 122 Å². The number of carbonyl (C=O) groups excluding carboxylic acids is 1. The number of halogens is 7. The molecule has 0 atom stereocenters. The molecule has 30 heteroatoms. The number of benzene rings is 5. The lowest BCUT2D eigenvalue weighted by Crippen LogP contribution is -2.51. The van der Waals surface area contributed by atoms with Gasteiger partial charge in [-0.15, -0.1) is 0 Å². The second-order valence-corrected chi connectivity index (χ2v) is 34.8. The fraction of sp³-hybridized carbons (Fsp3) is 0.284. The molecular weight excluding hydrogens is 1810 g/mol. The van der Waals surface area contributed by atoms with Gasteiger partial charge in [-0.2, -0.15) is 0 Å². The molecule has 5 aromatic carbocycles. The topological polar surface area (TPSA) is 310 Å². The molecule has 7 aromatic heterocycles. The van der Waals surface area contributed by atoms with Crippen molar-refractivity contribution in [3.05, 3.63) is 323 Å². The van der Waals surface area contributed by atoms with Gasteiger partial charge in [0.15, 0.2) is 49.0 Å². The number of aromatic hydroxyl groups is 1. The van der Waals surface area contributed by atoms with Gasteiger partial charge in [0.1, 0.15) is 75.0 Å². The molecule has 7 heterocycles. The van der Waals surface area contributed by atoms with E-state index in [9.17, 15) is 19.2 Å². The molecule has 12 rings (SSSR count). The van der Waals surface area contributed by atoms with Crippen LogP contribution in [0.5, 0.6) is 40.2 Å². The van der Waals surface area contributed by atoms with Crippen LogP contribution in [-0.2, 0) is 58.2 Å². The van der Waals surface area contributed by atoms with Crippen LogP contribution in [-0.4, -0.2) is 78.4 Å². The van der Waals surface area contributed by atoms with Crippen LogP contribution in [0.25, 0.3) is 11.0 Å². The number of pyridine rings is 4. The molecule has 0 saturated carbocycles. The number of aromatic amines is 1. The second-order valence-electron chi connectivity index (χ2n) is 25.2. The van der Waals surface area contributed by atoms with E-state index in [2.05, 4.69) is 116 Å². The van der Waals surface area contributed by atoms with Gasteiger partial charge in [-0.05, 0) is 140 Å². The quantitative estimate of drug-likeness (QED) is 0.0142. The van der Waals surface area contributed by atoms with Crippen LogP contribution in [0.3, 0.4) is 0 Å². The summed E-state index contributed by atoms with van der Waals surface area (Å²) in [6.07, 6.45) is 11.5. The van der Waals surface area contributed by atoms with E-state index in [-0.39, 0.29) is 104 Å². The van der Waals surface area contributed by atoms with Crippen molar-refractivity contribution in [1.29, 1.82) is 0 Å². The molecule has 0 fully saturated rings. The van der Waals surface area contributed by atoms with E-state index in [0.29, 0.717) is 103 Å². The van der Waals surface area contributed by atoms with Gasteiger partial charge in [0.2, 0.25) is 22.0 Å². The third-order valence-corrected chi connectivity index (χ3v) is 26.1. The zero-order chi connectivity index (χ0) is 82.6. The Hall–Kier alpha value is -9.07. The number of aromatic nitrogens is 5. The Labute approximate surface area is 739 Å². The molecule has 22 nitrogen and oxygen atoms in total. The van der Waals surface area contributed by atoms with E-state index < -0.39 is 19.4 Å². The Morgan fingerprint density at radius 2 is 0.898 bits per heavy atom. The Kier molecular flexibility index (Phi) is 50.4. The molecule has 0 aliphatic heterocycles. The van der Waals surface area contributed by atoms with Crippen molar-refractivity contribution in [2.45, 2.75) is 153 Å². The summed E-state index contributed by atoms with van der Waals surface area (Å²) in [5.74, 6) is 2.29. The number of rotatable bonds is 24. The van der Waals surface area contributed by atoms with E-state index >= 15 is 0 Å². The monoisotopic (exact) mass is 1910 g/mol. The Bertz CT molecular complexity index is 4960. The highest BCUT2D eigenvalue weighted by Crippen LogP contribution is 2.45. The number of fused-ring (bicyclic) bond motifs is 1. The highest BCUT2D eigenvalue weighted by atomic mass is 127. The average Bonchev–Trinajstić information content (AvgIpc) is 1.57. The number of hydrogen-bond donors (Lipinski definition) is 6. The summed E-state index contributed by atoms with van der Waals surface area (Å²) in [4.78, 5) is 59.8. The van der Waals surface area contributed by atoms with Crippen LogP contribution < -0.4 is 44.7 Å². The molecule has 0 spiro atoms. The number of carbonyl (C=O) groups is 1. The third kappa shape index (κ3) is 33.6. The number of nitrogens with zero attached hydrogens (tertiary/aromatic N) is 4. The van der Waals surface area contributed by atoms with Gasteiger partial charge >= 0.3 is 0 Å². The Balaban J connectivity index is 0.000000692. The summed E-state index contributed by atoms with van der Waals surface area (Å²) in [5, 5.41) is 49.4. The predicted molar refractivity (Wildman–Crippen MR) is 489 cm³/mol. The smallest absolute Gasteiger partial charge is 0.227 e. The van der Waals surface area contributed by atoms with Crippen molar-refractivity contribution in [1.82, 2.24) is 24.2 Å². The Morgan fingerprint density at radius 1 is 0.500 bits per heavy atom. The Morgan fingerprint density at radius 3 is 1.28 bits per heavy atom. The van der Waals surface area contributed by atoms with E-state index in [1.54, 1.807) is 55.8 Å². The first-order valence-corrected chi connectivity index (χ1v) is 41.0. The number of aliphatic hydroxyl groups is 4. The number of alkyl halides is 1. The normalized spacial score (nSPS) is 10.2. The summed E-state index contributed by atoms with van der Waals surface area (Å²) >= 11 is 34.6. The molecule has 12 aromatic rings. The summed E-state index contributed by atoms with van der Waals surface area (Å²) < 4.78 is 45.8. The van der Waals surface area contributed by atoms with Crippen LogP contribution in [0.2, 0.25) is 41.7 Å². The number of methoxy groups -OCH3 is 2. The summed E-state index contributed by atoms with van der Waals surface area (Å²) in [6, 6.07) is 47.8. The lowest BCUT2D eigenvalue weighted by atomic mass is 10.2. The van der Waals surface area contributed by atoms with Crippen LogP contribution in [0.4, 0.5) is 0 Å². The standard InChI is InChI=1S/C16H25IN2Si.C14H14ClNO3.C14H12ClNO3.C13H12ClNO3.C13H11ClO4.C7H6BrCl.C6H6O4.5CH4/c1-11(2)20(12(3)4,13(5)6)19-10-15(17)14-8-7-9-18-16(14)19;2*1-18-13-6-12(8-17)16-7-14(13)19-9-10-2-4-11(15)5-3-10;14-10-3-1-9(2-4-10)8-18-13-6-15-11(7-16)5-12(13)17;14-10-3-1-9(2-4-10)7-18-13-8-17-11(6-15)5-12(13)16;8-5-6-1-3-7(9)4-2-6;7-2-4-1-5(8)6(9)3-10-4;;;;;/h7-13H,1-6H3;2-7,17H,8-9H2,1H3;2-8H,9H2,1H3;1-6,16H,7-8H2,(H,15,17);1-5,8,15H,6-7H2;1-4H,5H2;1,3,7,9H,2H2;5*1H4. The molecule has 0 unspecified atom stereocenters. The maximum atomic E-state index is 11.6. The zero-order valence-corrected chi connectivity index (χ0v) is 71.4. The molecule has 0 saturated heterocycles. The van der Waals surface area contributed by atoms with Crippen LogP contribution in [0, 0.1) is 3.57 Å². The lowest BCUT2D eigenvalue weighted by Gasteiger charge is -2.44. The number of H-pyrrole nitrogens is 1. The van der Waals surface area contributed by atoms with Gasteiger partial charge in [0, 0.05) is 94.0 Å². The van der Waals surface area contributed by atoms with Gasteiger partial charge in [-0.1, -0.05) is 213 Å². The van der Waals surface area contributed by atoms with Crippen molar-refractivity contribution in [3.8, 4) is 40.2 Å². The zero-order valence-electron chi connectivity index (χ0n) is 62.9. The summed E-state index contributed by atoms with van der Waals surface area (Å²) in [5.41, 5.74) is 8.46. The fourth-order valence-electron chi connectivity index (χ4n) is 11.1. The SMILES string of the molecule is C.C.C.C.C.CC(C)[Si](C(C)C)(C(C)C)n1cc(I)c2cccnc21.COc1cc(C=O)ncc1OCc1ccc(Cl)cc1.COc1cc(CO)ncc1OCc1ccc(Cl)cc1.Clc1ccc(CBr)cc1.O=c1cc(CO)[nH]cc1OCc1ccc(Cl)cc1.O=c1cc(CO)occ1O.O=c1cc(CO)occ1OCc1ccc(Cl)cc1. The fourth-order valence-corrected chi connectivity index (χ4v) is 19.7. The lowest BCUT2D eigenvalue weighted by molar-refractivity contribution is 0.111. The largest absolute Gasteiger partial charge is 0.502 e. The van der Waals surface area contributed by atoms with Crippen molar-refractivity contribution in [2.75, 3.05) is 14.2 Å². The number of aldehydes is 1. The van der Waals surface area contributed by atoms with E-state index in [1.807, 2.05) is 97.2 Å². The number of aliphatic hydroxyl groups excluding tert-OH is 4. The van der Waals surface area contributed by atoms with Crippen molar-refractivity contribution in [2.24, 2.45) is 0 Å². The van der Waals surface area contributed by atoms with Gasteiger partial charge in [-0.3, -0.25) is 24.2 Å². The molecule has 0 radical (unpaired) electrons. The van der Waals surface area contributed by atoms with E-state index in [4.69, 9.17) is 121 Å². The van der Waals surface area contributed by atoms with Crippen LogP contribution in [0.1, 0.15) is 140 Å². The first-order valence-electron chi connectivity index (χ1n) is 34.7. The molecule has 0 bridgehead atoms. The highest BCUT2D eigenvalue weighted by molar-refractivity contribution is 14.1. The minimum absolute atomic E-state index is 0. The van der Waals surface area contributed by atoms with Crippen molar-refractivity contribution in [3.63, 3.8) is 0 Å². The molecule has 638 valence electrons. The van der Waals surface area contributed by atoms with Gasteiger partial charge in [0.05, 0.1) is 45.5 Å². The van der Waals surface area contributed by atoms with Crippen LogP contribution >= 0.6 is 96.5 Å². The van der Waals surface area contributed by atoms with Gasteiger partial charge in [0.25, 0.3) is 0 Å². The first kappa shape index (κ1) is 107. The molecule has 6 N–H and O–H groups in total. The summed E-state index contributed by atoms with van der Waals surface area (Å²) in [6.45, 7) is 14.7. The highest BCUT2D eigenvalue weighted by Gasteiger charge is 2.46. The average molecular weight is 1920 g/mol. The molecule has 0 aliphatic carbocycles. The number of hydrogen-bond acceptors (Lipinski definition) is 20. The third-order valence-electron chi connectivity index (χ3n) is 16.6.